The van der Waals surface area contributed by atoms with Crippen molar-refractivity contribution in [3.63, 3.8) is 0 Å². The van der Waals surface area contributed by atoms with Crippen LogP contribution in [0.15, 0.2) is 107 Å². The molecule has 0 amide bonds. The second-order valence-electron chi connectivity index (χ2n) is 15.1. The maximum absolute atomic E-state index is 12.9. The van der Waals surface area contributed by atoms with E-state index in [-0.39, 0.29) is 22.7 Å². The van der Waals surface area contributed by atoms with Gasteiger partial charge in [-0.05, 0) is 71.4 Å². The number of ketones is 1. The Balaban J connectivity index is 1.50. The Kier molecular flexibility index (Phi) is 11.1. The zero-order valence-electron chi connectivity index (χ0n) is 28.8. The molecular weight excluding hydrogens is 544 g/mol. The smallest absolute Gasteiger partial charge is 0.162 e. The minimum absolute atomic E-state index is 0.0818. The summed E-state index contributed by atoms with van der Waals surface area (Å²) in [7, 11) is 0. The van der Waals surface area contributed by atoms with Gasteiger partial charge in [0.2, 0.25) is 0 Å². The number of fused-ring (bicyclic) bond motifs is 2. The number of rotatable bonds is 11. The van der Waals surface area contributed by atoms with Crippen molar-refractivity contribution in [2.45, 2.75) is 118 Å². The first-order valence-electron chi connectivity index (χ1n) is 16.1. The Morgan fingerprint density at radius 2 is 1.14 bits per heavy atom. The first kappa shape index (κ1) is 35.7. The van der Waals surface area contributed by atoms with Crippen LogP contribution in [0.3, 0.4) is 0 Å². The summed E-state index contributed by atoms with van der Waals surface area (Å²) >= 11 is 0. The van der Waals surface area contributed by atoms with Gasteiger partial charge in [-0.15, -0.1) is 0 Å². The van der Waals surface area contributed by atoms with Crippen molar-refractivity contribution in [2.75, 3.05) is 0 Å². The lowest BCUT2D eigenvalue weighted by molar-refractivity contribution is -0.127. The third kappa shape index (κ3) is 7.88. The van der Waals surface area contributed by atoms with Gasteiger partial charge in [0.1, 0.15) is 5.60 Å². The molecule has 3 rings (SSSR count). The molecule has 5 unspecified atom stereocenters. The Bertz CT molecular complexity index is 1330. The van der Waals surface area contributed by atoms with Crippen LogP contribution in [0.25, 0.3) is 0 Å². The number of aliphatic hydroxyl groups is 2. The number of carbonyl (C=O) groups is 1. The highest BCUT2D eigenvalue weighted by molar-refractivity contribution is 5.95. The molecule has 3 aliphatic rings. The number of allylic oxidation sites excluding steroid dienone is 17. The third-order valence-corrected chi connectivity index (χ3v) is 10.3. The minimum Gasteiger partial charge on any atom is -0.393 e. The first-order chi connectivity index (χ1) is 20.3. The molecular formula is C40H56O4. The summed E-state index contributed by atoms with van der Waals surface area (Å²) < 4.78 is 6.30. The quantitative estimate of drug-likeness (QED) is 0.183. The van der Waals surface area contributed by atoms with Crippen molar-refractivity contribution < 1.29 is 19.7 Å². The molecule has 3 fully saturated rings. The largest absolute Gasteiger partial charge is 0.393 e. The zero-order valence-corrected chi connectivity index (χ0v) is 28.8. The predicted octanol–water partition coefficient (Wildman–Crippen LogP) is 9.02. The summed E-state index contributed by atoms with van der Waals surface area (Å²) in [5.74, 6) is 0.0818. The van der Waals surface area contributed by atoms with Crippen LogP contribution >= 0.6 is 0 Å². The van der Waals surface area contributed by atoms with Crippen LogP contribution in [-0.2, 0) is 9.53 Å². The monoisotopic (exact) mass is 600 g/mol. The zero-order chi connectivity index (χ0) is 33.0. The van der Waals surface area contributed by atoms with E-state index in [1.807, 2.05) is 63.3 Å². The molecule has 2 saturated heterocycles. The summed E-state index contributed by atoms with van der Waals surface area (Å²) in [6, 6.07) is 0. The molecule has 4 nitrogen and oxygen atoms in total. The van der Waals surface area contributed by atoms with Crippen molar-refractivity contribution >= 4 is 5.78 Å². The first-order valence-corrected chi connectivity index (χ1v) is 16.1. The van der Waals surface area contributed by atoms with Crippen LogP contribution in [-0.4, -0.2) is 39.4 Å². The highest BCUT2D eigenvalue weighted by Gasteiger charge is 2.67. The van der Waals surface area contributed by atoms with Gasteiger partial charge in [-0.1, -0.05) is 130 Å². The fraction of sp³-hybridized carbons (Fsp3) is 0.525. The summed E-state index contributed by atoms with van der Waals surface area (Å²) in [4.78, 5) is 12.9. The minimum atomic E-state index is -0.855. The fourth-order valence-electron chi connectivity index (χ4n) is 7.24. The molecule has 0 spiro atoms. The molecule has 2 N–H and O–H groups in total. The van der Waals surface area contributed by atoms with Gasteiger partial charge in [-0.3, -0.25) is 4.79 Å². The molecule has 2 bridgehead atoms. The van der Waals surface area contributed by atoms with Crippen molar-refractivity contribution in [3.8, 4) is 0 Å². The average Bonchev–Trinajstić information content (AvgIpc) is 3.41. The van der Waals surface area contributed by atoms with Gasteiger partial charge in [0, 0.05) is 17.3 Å². The van der Waals surface area contributed by atoms with Gasteiger partial charge in [0.15, 0.2) is 5.78 Å². The normalized spacial score (nSPS) is 34.7. The highest BCUT2D eigenvalue weighted by Crippen LogP contribution is 2.60. The number of ether oxygens (including phenoxy) is 1. The predicted molar refractivity (Wildman–Crippen MR) is 184 cm³/mol. The van der Waals surface area contributed by atoms with Gasteiger partial charge in [0.25, 0.3) is 0 Å². The van der Waals surface area contributed by atoms with Crippen LogP contribution in [0.2, 0.25) is 0 Å². The standard InChI is InChI=1S/C40H56O4/c1-29(17-13-19-31(3)21-22-35(42)38(9)26-33(41)25-36(38,5)6)15-11-12-16-30(2)18-14-20-32(4)23-24-40-37(7,8)27-34(44-40)28-39(40,10)43/h11-24,33-34,41,43H,25-28H2,1-10H3/b12-11+,17-13+,18-14+,22-21+,24-23+,29-15-,30-16+,31-19+,32-20-. The Morgan fingerprint density at radius 1 is 0.636 bits per heavy atom. The number of hydrogen-bond donors (Lipinski definition) is 2. The van der Waals surface area contributed by atoms with Gasteiger partial charge in [0.05, 0.1) is 17.8 Å². The van der Waals surface area contributed by atoms with Gasteiger partial charge >= 0.3 is 0 Å². The molecule has 1 saturated carbocycles. The summed E-state index contributed by atoms with van der Waals surface area (Å²) in [5, 5.41) is 21.2. The molecule has 5 atom stereocenters. The molecule has 0 aromatic carbocycles. The molecule has 2 aliphatic heterocycles. The van der Waals surface area contributed by atoms with Gasteiger partial charge in [-0.2, -0.15) is 0 Å². The summed E-state index contributed by atoms with van der Waals surface area (Å²) in [5.41, 5.74) is 2.00. The molecule has 240 valence electrons. The lowest BCUT2D eigenvalue weighted by Gasteiger charge is -2.46. The van der Waals surface area contributed by atoms with Crippen LogP contribution in [0.1, 0.15) is 94.9 Å². The van der Waals surface area contributed by atoms with E-state index in [9.17, 15) is 15.0 Å². The van der Waals surface area contributed by atoms with E-state index >= 15 is 0 Å². The third-order valence-electron chi connectivity index (χ3n) is 10.3. The Hall–Kier alpha value is -2.79. The molecule has 0 aromatic rings. The van der Waals surface area contributed by atoms with Crippen molar-refractivity contribution in [1.82, 2.24) is 0 Å². The summed E-state index contributed by atoms with van der Waals surface area (Å²) in [6.45, 7) is 20.6. The van der Waals surface area contributed by atoms with Gasteiger partial charge in [-0.25, -0.2) is 0 Å². The molecule has 4 heteroatoms. The molecule has 2 heterocycles. The van der Waals surface area contributed by atoms with Crippen LogP contribution in [0, 0.1) is 16.2 Å². The number of carbonyl (C=O) groups excluding carboxylic acids is 1. The van der Waals surface area contributed by atoms with Crippen LogP contribution in [0.4, 0.5) is 0 Å². The highest BCUT2D eigenvalue weighted by atomic mass is 16.5. The van der Waals surface area contributed by atoms with E-state index in [1.54, 1.807) is 6.08 Å². The van der Waals surface area contributed by atoms with Crippen molar-refractivity contribution in [1.29, 1.82) is 0 Å². The van der Waals surface area contributed by atoms with Crippen molar-refractivity contribution in [3.05, 3.63) is 107 Å². The number of aliphatic hydroxyl groups excluding tert-OH is 1. The summed E-state index contributed by atoms with van der Waals surface area (Å²) in [6.07, 6.45) is 30.7. The van der Waals surface area contributed by atoms with E-state index in [2.05, 4.69) is 84.9 Å². The molecule has 44 heavy (non-hydrogen) atoms. The molecule has 1 aliphatic carbocycles. The van der Waals surface area contributed by atoms with E-state index in [0.717, 1.165) is 28.7 Å². The topological polar surface area (TPSA) is 66.8 Å². The van der Waals surface area contributed by atoms with E-state index in [4.69, 9.17) is 4.74 Å². The number of hydrogen-bond acceptors (Lipinski definition) is 4. The van der Waals surface area contributed by atoms with Crippen LogP contribution in [0.5, 0.6) is 0 Å². The molecule has 0 aromatic heterocycles. The maximum atomic E-state index is 12.9. The van der Waals surface area contributed by atoms with E-state index in [1.165, 1.54) is 0 Å². The van der Waals surface area contributed by atoms with Crippen molar-refractivity contribution in [2.24, 2.45) is 16.2 Å². The van der Waals surface area contributed by atoms with E-state index < -0.39 is 22.7 Å². The SMILES string of the molecule is CC(=C/C=C/C=C(C)/C=C/C=C(C)\C=C\C12OC(CC1(C)C)CC2(C)O)/C=C/C=C(C)/C=C/C(=O)C1(C)CC(O)CC1(C)C. The van der Waals surface area contributed by atoms with Gasteiger partial charge < -0.3 is 14.9 Å². The fourth-order valence-corrected chi connectivity index (χ4v) is 7.24. The lowest BCUT2D eigenvalue weighted by atomic mass is 9.61. The second kappa shape index (κ2) is 13.7. The van der Waals surface area contributed by atoms with E-state index in [0.29, 0.717) is 19.3 Å². The Morgan fingerprint density at radius 3 is 1.61 bits per heavy atom. The average molecular weight is 601 g/mol. The second-order valence-corrected chi connectivity index (χ2v) is 15.1. The Labute approximate surface area is 267 Å². The maximum Gasteiger partial charge on any atom is 0.162 e. The lowest BCUT2D eigenvalue weighted by Crippen LogP contribution is -2.56. The molecule has 0 radical (unpaired) electrons. The van der Waals surface area contributed by atoms with Crippen LogP contribution < -0.4 is 0 Å².